The number of carbonyl (C=O) groups excluding carboxylic acids is 6. The fourth-order valence-corrected chi connectivity index (χ4v) is 11.2. The molecule has 0 saturated heterocycles. The first-order valence-electron chi connectivity index (χ1n) is 21.1. The second-order valence-electron chi connectivity index (χ2n) is 17.9. The summed E-state index contributed by atoms with van der Waals surface area (Å²) in [6.45, 7) is 5.28. The zero-order chi connectivity index (χ0) is 50.4. The number of amides is 2. The maximum absolute atomic E-state index is 13.7. The molecule has 12 atom stereocenters. The highest BCUT2D eigenvalue weighted by molar-refractivity contribution is 6.26. The summed E-state index contributed by atoms with van der Waals surface area (Å²) in [5.74, 6) is -17.7. The molecule has 6 unspecified atom stereocenters. The molecule has 2 fully saturated rings. The van der Waals surface area contributed by atoms with Crippen LogP contribution in [0.2, 0.25) is 0 Å². The maximum atomic E-state index is 13.7. The van der Waals surface area contributed by atoms with E-state index in [-0.39, 0.29) is 59.5 Å². The summed E-state index contributed by atoms with van der Waals surface area (Å²) in [5.41, 5.74) is 2.94. The van der Waals surface area contributed by atoms with E-state index in [4.69, 9.17) is 16.6 Å². The molecule has 384 valence electrons. The molecular weight excluding hydrogens is 967 g/mol. The maximum Gasteiger partial charge on any atom is 0.255 e. The van der Waals surface area contributed by atoms with Gasteiger partial charge in [-0.05, 0) is 70.2 Å². The van der Waals surface area contributed by atoms with E-state index in [0.29, 0.717) is 11.1 Å². The van der Waals surface area contributed by atoms with Gasteiger partial charge < -0.3 is 73.1 Å². The zero-order valence-electron chi connectivity index (χ0n) is 38.7. The van der Waals surface area contributed by atoms with Crippen molar-refractivity contribution in [3.63, 3.8) is 0 Å². The summed E-state index contributed by atoms with van der Waals surface area (Å²) in [6, 6.07) is 6.26. The van der Waals surface area contributed by atoms with Crippen LogP contribution in [-0.2, 0) is 28.8 Å². The van der Waals surface area contributed by atoms with Crippen LogP contribution < -0.4 is 11.5 Å². The number of fused-ring (bicyclic) bond motifs is 6. The van der Waals surface area contributed by atoms with E-state index in [2.05, 4.69) is 0 Å². The number of aliphatic hydroxyl groups excluding tert-OH is 7. The SMILES string of the molecule is CCO.C[C@H]1c2cccc(O)c2C(O)=C2C(=O)[C@]3(O)C(O)=C(C(N)=O)C(=O)[C@@H](N(C)C)C3C(O)C21.C[C@H]1c2cccc(O)c2C(O)=C2C(=O)[C@]3(O)C(O)=C(C(N)=O)C(=O)[C@@H](N(C)C)C3C(O)C21.Cl.Cl.O. The van der Waals surface area contributed by atoms with Crippen molar-refractivity contribution in [2.24, 2.45) is 35.1 Å². The van der Waals surface area contributed by atoms with E-state index in [9.17, 15) is 79.8 Å². The number of phenolic OH excluding ortho intramolecular Hbond substituents is 2. The fourth-order valence-electron chi connectivity index (χ4n) is 11.2. The third kappa shape index (κ3) is 8.01. The van der Waals surface area contributed by atoms with Crippen molar-refractivity contribution in [3.8, 4) is 11.5 Å². The molecule has 0 radical (unpaired) electrons. The second kappa shape index (κ2) is 20.4. The molecule has 70 heavy (non-hydrogen) atoms. The molecule has 6 aliphatic rings. The van der Waals surface area contributed by atoms with Gasteiger partial charge in [0.2, 0.25) is 11.6 Å². The highest BCUT2D eigenvalue weighted by atomic mass is 35.5. The number of hydrogen-bond donors (Lipinski definition) is 13. The number of carbonyl (C=O) groups is 6. The van der Waals surface area contributed by atoms with Crippen LogP contribution in [-0.4, -0.2) is 177 Å². The number of aliphatic hydroxyl groups is 9. The molecule has 0 bridgehead atoms. The van der Waals surface area contributed by atoms with E-state index >= 15 is 0 Å². The van der Waals surface area contributed by atoms with Crippen LogP contribution in [0.4, 0.5) is 0 Å². The van der Waals surface area contributed by atoms with Crippen molar-refractivity contribution in [1.29, 1.82) is 0 Å². The first-order valence-corrected chi connectivity index (χ1v) is 21.1. The number of nitrogens with two attached hydrogens (primary N) is 2. The number of halogens is 2. The minimum Gasteiger partial charge on any atom is -0.508 e. The molecule has 2 aromatic rings. The molecule has 0 spiro atoms. The average Bonchev–Trinajstić information content (AvgIpc) is 3.23. The Hall–Kier alpha value is -5.92. The Morgan fingerprint density at radius 1 is 0.614 bits per heavy atom. The van der Waals surface area contributed by atoms with Crippen LogP contribution >= 0.6 is 24.8 Å². The van der Waals surface area contributed by atoms with Gasteiger partial charge in [0.1, 0.15) is 45.7 Å². The Kier molecular flexibility index (Phi) is 17.0. The first kappa shape index (κ1) is 58.4. The molecule has 22 nitrogen and oxygen atoms in total. The van der Waals surface area contributed by atoms with Crippen molar-refractivity contribution in [2.45, 2.75) is 68.1 Å². The van der Waals surface area contributed by atoms with Gasteiger partial charge in [0, 0.05) is 29.6 Å². The third-order valence-electron chi connectivity index (χ3n) is 14.0. The molecule has 0 heterocycles. The Labute approximate surface area is 412 Å². The summed E-state index contributed by atoms with van der Waals surface area (Å²) < 4.78 is 0. The Bertz CT molecular complexity index is 2490. The van der Waals surface area contributed by atoms with Crippen molar-refractivity contribution in [3.05, 3.63) is 92.5 Å². The van der Waals surface area contributed by atoms with Crippen LogP contribution in [0, 0.1) is 23.7 Å². The molecule has 8 rings (SSSR count). The fraction of sp³-hybridized carbons (Fsp3) is 0.435. The van der Waals surface area contributed by atoms with Gasteiger partial charge in [-0.25, -0.2) is 0 Å². The molecule has 2 amide bonds. The van der Waals surface area contributed by atoms with Crippen molar-refractivity contribution >= 4 is 71.3 Å². The minimum atomic E-state index is -2.89. The predicted octanol–water partition coefficient (Wildman–Crippen LogP) is -0.991. The molecular formula is C46H58Cl2N4O18. The summed E-state index contributed by atoms with van der Waals surface area (Å²) in [6.07, 6.45) is -3.18. The number of Topliss-reactive ketones (excluding diaryl/α,β-unsaturated/α-hetero) is 4. The van der Waals surface area contributed by atoms with Gasteiger partial charge in [-0.3, -0.25) is 38.6 Å². The predicted molar refractivity (Wildman–Crippen MR) is 252 cm³/mol. The van der Waals surface area contributed by atoms with Crippen LogP contribution in [0.3, 0.4) is 0 Å². The van der Waals surface area contributed by atoms with Crippen LogP contribution in [0.5, 0.6) is 11.5 Å². The lowest BCUT2D eigenvalue weighted by Gasteiger charge is -2.53. The number of likely N-dealkylation sites (N-methyl/N-ethyl adjacent to an activating group) is 2. The molecule has 6 aliphatic carbocycles. The van der Waals surface area contributed by atoms with Crippen molar-refractivity contribution in [1.82, 2.24) is 9.80 Å². The normalized spacial score (nSPS) is 31.7. The molecule has 17 N–H and O–H groups in total. The average molecular weight is 1030 g/mol. The van der Waals surface area contributed by atoms with Crippen molar-refractivity contribution < 1.29 is 90.4 Å². The topological polar surface area (TPSA) is 415 Å². The summed E-state index contributed by atoms with van der Waals surface area (Å²) in [5, 5.41) is 117. The van der Waals surface area contributed by atoms with E-state index in [1.807, 2.05) is 0 Å². The Balaban J connectivity index is 0.000000337. The molecule has 2 aromatic carbocycles. The van der Waals surface area contributed by atoms with Gasteiger partial charge in [0.25, 0.3) is 11.8 Å². The lowest BCUT2D eigenvalue weighted by atomic mass is 9.54. The summed E-state index contributed by atoms with van der Waals surface area (Å²) in [7, 11) is 5.84. The van der Waals surface area contributed by atoms with E-state index in [0.717, 1.165) is 0 Å². The largest absolute Gasteiger partial charge is 0.508 e. The smallest absolute Gasteiger partial charge is 0.255 e. The summed E-state index contributed by atoms with van der Waals surface area (Å²) in [4.78, 5) is 79.9. The second-order valence-corrected chi connectivity index (χ2v) is 17.9. The standard InChI is InChI=1S/2C22H24N2O8.C2H6O.2ClH.H2O/c2*1-7-8-5-4-6-9(25)11(8)16(26)12-10(7)17(27)14-15(24(2)3)18(28)13(21(23)31)20(30)22(14,32)19(12)29;1-2-3;;;/h2*4-7,10,14-15,17,25-27,30,32H,1-3H3,(H2,23,31);3H,2H2,1H3;2*1H;1H2/t2*7-,10?,14?,15-,17?,22-;;;;/m00..../s1. The zero-order valence-corrected chi connectivity index (χ0v) is 40.3. The number of ketones is 4. The first-order chi connectivity index (χ1) is 31.1. The lowest BCUT2D eigenvalue weighted by molar-refractivity contribution is -0.170. The van der Waals surface area contributed by atoms with Gasteiger partial charge >= 0.3 is 0 Å². The number of hydrogen-bond acceptors (Lipinski definition) is 19. The monoisotopic (exact) mass is 1020 g/mol. The van der Waals surface area contributed by atoms with Gasteiger partial charge in [0.15, 0.2) is 22.8 Å². The van der Waals surface area contributed by atoms with E-state index in [1.54, 1.807) is 45.0 Å². The summed E-state index contributed by atoms with van der Waals surface area (Å²) >= 11 is 0. The Morgan fingerprint density at radius 3 is 1.16 bits per heavy atom. The lowest BCUT2D eigenvalue weighted by Crippen LogP contribution is -2.70. The van der Waals surface area contributed by atoms with Gasteiger partial charge in [0.05, 0.1) is 47.3 Å². The van der Waals surface area contributed by atoms with Crippen LogP contribution in [0.25, 0.3) is 11.5 Å². The third-order valence-corrected chi connectivity index (χ3v) is 14.0. The van der Waals surface area contributed by atoms with E-state index < -0.39 is 151 Å². The van der Waals surface area contributed by atoms with Crippen LogP contribution in [0.15, 0.2) is 70.2 Å². The van der Waals surface area contributed by atoms with Gasteiger partial charge in [-0.15, -0.1) is 24.8 Å². The molecule has 0 aliphatic heterocycles. The quantitative estimate of drug-likeness (QED) is 0.164. The van der Waals surface area contributed by atoms with Gasteiger partial charge in [-0.2, -0.15) is 0 Å². The minimum absolute atomic E-state index is 0. The number of phenols is 2. The van der Waals surface area contributed by atoms with Crippen LogP contribution in [0.1, 0.15) is 54.9 Å². The number of aromatic hydroxyl groups is 2. The van der Waals surface area contributed by atoms with Gasteiger partial charge in [-0.1, -0.05) is 38.1 Å². The molecule has 2 saturated carbocycles. The molecule has 24 heteroatoms. The molecule has 0 aromatic heterocycles. The number of benzene rings is 2. The highest BCUT2D eigenvalue weighted by Gasteiger charge is 2.70. The highest BCUT2D eigenvalue weighted by Crippen LogP contribution is 2.58. The van der Waals surface area contributed by atoms with E-state index in [1.165, 1.54) is 50.1 Å². The Morgan fingerprint density at radius 2 is 0.900 bits per heavy atom. The number of rotatable bonds is 4. The number of nitrogens with zero attached hydrogens (tertiary/aromatic N) is 2. The number of primary amides is 2. The van der Waals surface area contributed by atoms with Crippen molar-refractivity contribution in [2.75, 3.05) is 34.8 Å².